The molecule has 0 unspecified atom stereocenters. The SMILES string of the molecule is O=C(Nc1cncc2cccc(Cl)c12)c1ccc(-n2ccnc2)cc1. The van der Waals surface area contributed by atoms with Crippen LogP contribution in [0, 0.1) is 0 Å². The van der Waals surface area contributed by atoms with Crippen molar-refractivity contribution in [1.29, 1.82) is 0 Å². The fourth-order valence-electron chi connectivity index (χ4n) is 2.68. The third-order valence-electron chi connectivity index (χ3n) is 3.91. The zero-order valence-electron chi connectivity index (χ0n) is 13.1. The molecule has 25 heavy (non-hydrogen) atoms. The summed E-state index contributed by atoms with van der Waals surface area (Å²) in [5.41, 5.74) is 2.07. The first-order valence-corrected chi connectivity index (χ1v) is 8.02. The number of nitrogens with one attached hydrogen (secondary N) is 1. The van der Waals surface area contributed by atoms with E-state index < -0.39 is 0 Å². The average molecular weight is 349 g/mol. The number of aromatic nitrogens is 3. The van der Waals surface area contributed by atoms with Gasteiger partial charge in [0.15, 0.2) is 0 Å². The molecule has 2 heterocycles. The van der Waals surface area contributed by atoms with E-state index in [-0.39, 0.29) is 5.91 Å². The number of halogens is 1. The largest absolute Gasteiger partial charge is 0.320 e. The summed E-state index contributed by atoms with van der Waals surface area (Å²) in [5, 5.41) is 5.12. The standard InChI is InChI=1S/C19H13ClN4O/c20-16-3-1-2-14-10-22-11-17(18(14)16)23-19(25)13-4-6-15(7-5-13)24-9-8-21-12-24/h1-12H,(H,23,25). The van der Waals surface area contributed by atoms with E-state index in [1.165, 1.54) is 0 Å². The number of rotatable bonds is 3. The second-order valence-corrected chi connectivity index (χ2v) is 5.90. The predicted molar refractivity (Wildman–Crippen MR) is 98.3 cm³/mol. The van der Waals surface area contributed by atoms with Crippen molar-refractivity contribution in [2.24, 2.45) is 0 Å². The number of benzene rings is 2. The molecule has 4 rings (SSSR count). The van der Waals surface area contributed by atoms with Crippen molar-refractivity contribution >= 4 is 34.0 Å². The number of anilines is 1. The Morgan fingerprint density at radius 3 is 2.64 bits per heavy atom. The number of amides is 1. The number of carbonyl (C=O) groups is 1. The first kappa shape index (κ1) is 15.4. The number of carbonyl (C=O) groups excluding carboxylic acids is 1. The summed E-state index contributed by atoms with van der Waals surface area (Å²) in [6.45, 7) is 0. The zero-order chi connectivity index (χ0) is 17.2. The van der Waals surface area contributed by atoms with Gasteiger partial charge in [0.05, 0.1) is 23.2 Å². The summed E-state index contributed by atoms with van der Waals surface area (Å²) in [5.74, 6) is -0.216. The van der Waals surface area contributed by atoms with Gasteiger partial charge in [-0.05, 0) is 30.3 Å². The number of nitrogens with zero attached hydrogens (tertiary/aromatic N) is 3. The highest BCUT2D eigenvalue weighted by molar-refractivity contribution is 6.36. The molecule has 0 aliphatic heterocycles. The van der Waals surface area contributed by atoms with E-state index in [1.807, 2.05) is 35.0 Å². The predicted octanol–water partition coefficient (Wildman–Crippen LogP) is 4.33. The lowest BCUT2D eigenvalue weighted by atomic mass is 10.1. The highest BCUT2D eigenvalue weighted by atomic mass is 35.5. The van der Waals surface area contributed by atoms with Gasteiger partial charge in [-0.2, -0.15) is 0 Å². The van der Waals surface area contributed by atoms with Gasteiger partial charge >= 0.3 is 0 Å². The minimum absolute atomic E-state index is 0.216. The fourth-order valence-corrected chi connectivity index (χ4v) is 2.96. The van der Waals surface area contributed by atoms with E-state index in [0.717, 1.165) is 16.5 Å². The normalized spacial score (nSPS) is 10.8. The van der Waals surface area contributed by atoms with Gasteiger partial charge in [0.1, 0.15) is 0 Å². The highest BCUT2D eigenvalue weighted by Crippen LogP contribution is 2.29. The topological polar surface area (TPSA) is 59.8 Å². The average Bonchev–Trinajstić information content (AvgIpc) is 3.17. The van der Waals surface area contributed by atoms with Crippen molar-refractivity contribution in [3.8, 4) is 5.69 Å². The number of hydrogen-bond acceptors (Lipinski definition) is 3. The lowest BCUT2D eigenvalue weighted by Gasteiger charge is -2.10. The number of fused-ring (bicyclic) bond motifs is 1. The van der Waals surface area contributed by atoms with E-state index >= 15 is 0 Å². The summed E-state index contributed by atoms with van der Waals surface area (Å²) >= 11 is 6.28. The molecular weight excluding hydrogens is 336 g/mol. The molecule has 0 spiro atoms. The maximum atomic E-state index is 12.6. The molecule has 0 aliphatic rings. The molecule has 4 aromatic rings. The lowest BCUT2D eigenvalue weighted by Crippen LogP contribution is -2.12. The second kappa shape index (κ2) is 6.37. The van der Waals surface area contributed by atoms with Crippen molar-refractivity contribution in [1.82, 2.24) is 14.5 Å². The van der Waals surface area contributed by atoms with Crippen LogP contribution < -0.4 is 5.32 Å². The molecule has 0 aliphatic carbocycles. The van der Waals surface area contributed by atoms with E-state index in [4.69, 9.17) is 11.6 Å². The van der Waals surface area contributed by atoms with E-state index in [0.29, 0.717) is 16.3 Å². The van der Waals surface area contributed by atoms with Crippen LogP contribution in [-0.4, -0.2) is 20.4 Å². The summed E-state index contributed by atoms with van der Waals surface area (Å²) in [6, 6.07) is 12.8. The number of pyridine rings is 1. The van der Waals surface area contributed by atoms with Crippen molar-refractivity contribution < 1.29 is 4.79 Å². The summed E-state index contributed by atoms with van der Waals surface area (Å²) in [4.78, 5) is 20.7. The van der Waals surface area contributed by atoms with Gasteiger partial charge < -0.3 is 9.88 Å². The Balaban J connectivity index is 1.62. The van der Waals surface area contributed by atoms with E-state index in [1.54, 1.807) is 43.1 Å². The Labute approximate surface area is 148 Å². The number of hydrogen-bond donors (Lipinski definition) is 1. The molecule has 6 heteroatoms. The molecule has 2 aromatic heterocycles. The van der Waals surface area contributed by atoms with Gasteiger partial charge in [0.2, 0.25) is 0 Å². The van der Waals surface area contributed by atoms with Crippen LogP contribution in [0.5, 0.6) is 0 Å². The molecule has 5 nitrogen and oxygen atoms in total. The number of imidazole rings is 1. The van der Waals surface area contributed by atoms with Crippen LogP contribution in [0.15, 0.2) is 73.6 Å². The Morgan fingerprint density at radius 2 is 1.88 bits per heavy atom. The lowest BCUT2D eigenvalue weighted by molar-refractivity contribution is 0.102. The molecule has 0 fully saturated rings. The molecule has 2 aromatic carbocycles. The van der Waals surface area contributed by atoms with Crippen molar-refractivity contribution in [3.63, 3.8) is 0 Å². The summed E-state index contributed by atoms with van der Waals surface area (Å²) < 4.78 is 1.87. The van der Waals surface area contributed by atoms with Crippen molar-refractivity contribution in [2.75, 3.05) is 5.32 Å². The second-order valence-electron chi connectivity index (χ2n) is 5.50. The van der Waals surface area contributed by atoms with Crippen LogP contribution in [-0.2, 0) is 0 Å². The quantitative estimate of drug-likeness (QED) is 0.599. The van der Waals surface area contributed by atoms with Crippen LogP contribution in [0.2, 0.25) is 5.02 Å². The molecule has 0 saturated heterocycles. The van der Waals surface area contributed by atoms with Gasteiger partial charge in [-0.3, -0.25) is 9.78 Å². The van der Waals surface area contributed by atoms with Crippen LogP contribution >= 0.6 is 11.6 Å². The Morgan fingerprint density at radius 1 is 1.04 bits per heavy atom. The van der Waals surface area contributed by atoms with Gasteiger partial charge in [-0.25, -0.2) is 4.98 Å². The fraction of sp³-hybridized carbons (Fsp3) is 0. The Hall–Kier alpha value is -3.18. The molecular formula is C19H13ClN4O. The van der Waals surface area contributed by atoms with Crippen LogP contribution in [0.1, 0.15) is 10.4 Å². The third kappa shape index (κ3) is 2.97. The van der Waals surface area contributed by atoms with Gasteiger partial charge in [-0.15, -0.1) is 0 Å². The smallest absolute Gasteiger partial charge is 0.255 e. The molecule has 1 N–H and O–H groups in total. The van der Waals surface area contributed by atoms with E-state index in [2.05, 4.69) is 15.3 Å². The molecule has 122 valence electrons. The Kier molecular flexibility index (Phi) is 3.91. The van der Waals surface area contributed by atoms with Crippen LogP contribution in [0.25, 0.3) is 16.5 Å². The maximum absolute atomic E-state index is 12.6. The van der Waals surface area contributed by atoms with Crippen molar-refractivity contribution in [3.05, 3.63) is 84.2 Å². The van der Waals surface area contributed by atoms with Gasteiger partial charge in [0.25, 0.3) is 5.91 Å². The zero-order valence-corrected chi connectivity index (χ0v) is 13.8. The van der Waals surface area contributed by atoms with Crippen LogP contribution in [0.4, 0.5) is 5.69 Å². The molecule has 1 amide bonds. The maximum Gasteiger partial charge on any atom is 0.255 e. The summed E-state index contributed by atoms with van der Waals surface area (Å²) in [6.07, 6.45) is 8.58. The summed E-state index contributed by atoms with van der Waals surface area (Å²) in [7, 11) is 0. The molecule has 0 radical (unpaired) electrons. The van der Waals surface area contributed by atoms with Crippen molar-refractivity contribution in [2.45, 2.75) is 0 Å². The Bertz CT molecular complexity index is 1040. The van der Waals surface area contributed by atoms with Gasteiger partial charge in [-0.1, -0.05) is 23.7 Å². The minimum atomic E-state index is -0.216. The third-order valence-corrected chi connectivity index (χ3v) is 4.23. The molecule has 0 bridgehead atoms. The van der Waals surface area contributed by atoms with Gasteiger partial charge in [0, 0.05) is 40.6 Å². The van der Waals surface area contributed by atoms with E-state index in [9.17, 15) is 4.79 Å². The van der Waals surface area contributed by atoms with Crippen LogP contribution in [0.3, 0.4) is 0 Å². The molecule has 0 atom stereocenters. The first-order valence-electron chi connectivity index (χ1n) is 7.64. The molecule has 0 saturated carbocycles. The highest BCUT2D eigenvalue weighted by Gasteiger charge is 2.11. The minimum Gasteiger partial charge on any atom is -0.320 e. The monoisotopic (exact) mass is 348 g/mol. The first-order chi connectivity index (χ1) is 12.2.